The molecular weight excluding hydrogens is 450 g/mol. The zero-order chi connectivity index (χ0) is 22.1. The Balaban J connectivity index is 1.63. The van der Waals surface area contributed by atoms with Crippen LogP contribution >= 0.6 is 35.1 Å². The lowest BCUT2D eigenvalue weighted by Gasteiger charge is -2.15. The van der Waals surface area contributed by atoms with Gasteiger partial charge in [0.05, 0.1) is 22.0 Å². The van der Waals surface area contributed by atoms with Gasteiger partial charge < -0.3 is 5.32 Å². The number of rotatable bonds is 5. The van der Waals surface area contributed by atoms with Crippen molar-refractivity contribution in [2.45, 2.75) is 37.2 Å². The van der Waals surface area contributed by atoms with Crippen molar-refractivity contribution < 1.29 is 4.79 Å². The third-order valence-corrected chi connectivity index (χ3v) is 7.37. The van der Waals surface area contributed by atoms with Crippen molar-refractivity contribution in [3.63, 3.8) is 0 Å². The Bertz CT molecular complexity index is 1220. The van der Waals surface area contributed by atoms with Crippen LogP contribution in [0.1, 0.15) is 22.4 Å². The summed E-state index contributed by atoms with van der Waals surface area (Å²) in [6.45, 7) is 5.92. The fourth-order valence-corrected chi connectivity index (χ4v) is 5.53. The maximum absolute atomic E-state index is 13.3. The van der Waals surface area contributed by atoms with Crippen molar-refractivity contribution in [2.24, 2.45) is 0 Å². The molecule has 8 heteroatoms. The third-order valence-electron chi connectivity index (χ3n) is 4.92. The van der Waals surface area contributed by atoms with Crippen LogP contribution in [0, 0.1) is 20.8 Å². The highest BCUT2D eigenvalue weighted by Gasteiger charge is 2.23. The smallest absolute Gasteiger partial charge is 0.272 e. The van der Waals surface area contributed by atoms with Gasteiger partial charge in [0.25, 0.3) is 5.56 Å². The number of halogens is 1. The molecule has 0 radical (unpaired) electrons. The summed E-state index contributed by atoms with van der Waals surface area (Å²) in [6.07, 6.45) is 0.768. The molecule has 5 nitrogen and oxygen atoms in total. The van der Waals surface area contributed by atoms with Crippen LogP contribution in [0.15, 0.2) is 51.2 Å². The summed E-state index contributed by atoms with van der Waals surface area (Å²) < 4.78 is 1.64. The van der Waals surface area contributed by atoms with Gasteiger partial charge in [-0.1, -0.05) is 35.5 Å². The van der Waals surface area contributed by atoms with Crippen molar-refractivity contribution in [1.82, 2.24) is 9.55 Å². The first kappa shape index (κ1) is 22.0. The van der Waals surface area contributed by atoms with Gasteiger partial charge in [0, 0.05) is 22.9 Å². The van der Waals surface area contributed by atoms with Gasteiger partial charge in [-0.15, -0.1) is 11.8 Å². The van der Waals surface area contributed by atoms with Gasteiger partial charge in [0.2, 0.25) is 5.91 Å². The molecule has 2 heterocycles. The minimum Gasteiger partial charge on any atom is -0.325 e. The quantitative estimate of drug-likeness (QED) is 0.409. The lowest BCUT2D eigenvalue weighted by Crippen LogP contribution is -2.25. The molecule has 160 valence electrons. The first-order valence-corrected chi connectivity index (χ1v) is 12.2. The Kier molecular flexibility index (Phi) is 6.46. The topological polar surface area (TPSA) is 64.0 Å². The van der Waals surface area contributed by atoms with Gasteiger partial charge >= 0.3 is 0 Å². The van der Waals surface area contributed by atoms with Crippen molar-refractivity contribution in [3.8, 4) is 5.69 Å². The number of thioether (sulfide) groups is 2. The highest BCUT2D eigenvalue weighted by molar-refractivity contribution is 8.00. The summed E-state index contributed by atoms with van der Waals surface area (Å²) in [4.78, 5) is 31.3. The van der Waals surface area contributed by atoms with Gasteiger partial charge in [0.1, 0.15) is 0 Å². The van der Waals surface area contributed by atoms with Crippen LogP contribution in [0.2, 0.25) is 5.02 Å². The predicted molar refractivity (Wildman–Crippen MR) is 129 cm³/mol. The fraction of sp³-hybridized carbons (Fsp3) is 0.261. The molecule has 0 fully saturated rings. The van der Waals surface area contributed by atoms with E-state index >= 15 is 0 Å². The zero-order valence-electron chi connectivity index (χ0n) is 17.5. The summed E-state index contributed by atoms with van der Waals surface area (Å²) in [5.41, 5.74) is 5.27. The Labute approximate surface area is 194 Å². The molecule has 0 spiro atoms. The van der Waals surface area contributed by atoms with Crippen molar-refractivity contribution in [1.29, 1.82) is 0 Å². The number of fused-ring (bicyclic) bond motifs is 1. The molecule has 1 aliphatic rings. The minimum absolute atomic E-state index is 0.0641. The first-order chi connectivity index (χ1) is 14.8. The summed E-state index contributed by atoms with van der Waals surface area (Å²) in [6, 6.07) is 11.4. The summed E-state index contributed by atoms with van der Waals surface area (Å²) in [5.74, 6) is 0.808. The van der Waals surface area contributed by atoms with Crippen molar-refractivity contribution in [3.05, 3.63) is 74.2 Å². The number of hydrogen-bond acceptors (Lipinski definition) is 5. The highest BCUT2D eigenvalue weighted by Crippen LogP contribution is 2.30. The Hall–Kier alpha value is -2.22. The maximum Gasteiger partial charge on any atom is 0.272 e. The zero-order valence-corrected chi connectivity index (χ0v) is 19.9. The average Bonchev–Trinajstić information content (AvgIpc) is 3.17. The number of carbonyl (C=O) groups excluding carboxylic acids is 1. The van der Waals surface area contributed by atoms with Crippen LogP contribution < -0.4 is 10.9 Å². The molecule has 1 aromatic heterocycles. The largest absolute Gasteiger partial charge is 0.325 e. The second-order valence-electron chi connectivity index (χ2n) is 7.56. The molecular formula is C23H22ClN3O2S2. The molecule has 0 aliphatic carbocycles. The Morgan fingerprint density at radius 1 is 1.19 bits per heavy atom. The molecule has 1 N–H and O–H groups in total. The summed E-state index contributed by atoms with van der Waals surface area (Å²) in [5, 5.41) is 4.00. The second kappa shape index (κ2) is 9.10. The molecule has 0 bridgehead atoms. The minimum atomic E-state index is -0.180. The van der Waals surface area contributed by atoms with E-state index in [1.54, 1.807) is 22.4 Å². The van der Waals surface area contributed by atoms with Gasteiger partial charge in [-0.3, -0.25) is 14.2 Å². The van der Waals surface area contributed by atoms with Crippen molar-refractivity contribution in [2.75, 3.05) is 16.8 Å². The van der Waals surface area contributed by atoms with Crippen LogP contribution in [0.5, 0.6) is 0 Å². The average molecular weight is 472 g/mol. The van der Waals surface area contributed by atoms with E-state index in [1.807, 2.05) is 45.0 Å². The van der Waals surface area contributed by atoms with Gasteiger partial charge in [-0.25, -0.2) is 4.98 Å². The number of hydrogen-bond donors (Lipinski definition) is 1. The van der Waals surface area contributed by atoms with Gasteiger partial charge in [-0.2, -0.15) is 0 Å². The molecule has 3 aromatic rings. The van der Waals surface area contributed by atoms with Crippen LogP contribution in [-0.2, 0) is 11.2 Å². The number of carbonyl (C=O) groups is 1. The van der Waals surface area contributed by atoms with E-state index in [4.69, 9.17) is 16.6 Å². The van der Waals surface area contributed by atoms with Gasteiger partial charge in [-0.05, 0) is 61.7 Å². The second-order valence-corrected chi connectivity index (χ2v) is 10.0. The molecule has 0 saturated carbocycles. The lowest BCUT2D eigenvalue weighted by atomic mass is 10.1. The number of aryl methyl sites for hydroxylation is 4. The highest BCUT2D eigenvalue weighted by atomic mass is 35.5. The molecule has 4 rings (SSSR count). The number of amides is 1. The van der Waals surface area contributed by atoms with E-state index in [1.165, 1.54) is 11.8 Å². The van der Waals surface area contributed by atoms with Crippen LogP contribution in [0.25, 0.3) is 5.69 Å². The SMILES string of the molecule is Cc1cc(C)cc(-n2c(SCC(=O)Nc3ccc(C)c(Cl)c3)nc3c(c2=O)SCC3)c1. The van der Waals surface area contributed by atoms with Gasteiger partial charge in [0.15, 0.2) is 5.16 Å². The third kappa shape index (κ3) is 4.84. The number of aromatic nitrogens is 2. The van der Waals surface area contributed by atoms with Crippen LogP contribution in [0.3, 0.4) is 0 Å². The predicted octanol–water partition coefficient (Wildman–Crippen LogP) is 5.19. The molecule has 0 saturated heterocycles. The first-order valence-electron chi connectivity index (χ1n) is 9.88. The van der Waals surface area contributed by atoms with Crippen LogP contribution in [0.4, 0.5) is 5.69 Å². The summed E-state index contributed by atoms with van der Waals surface area (Å²) in [7, 11) is 0. The molecule has 0 atom stereocenters. The van der Waals surface area contributed by atoms with E-state index in [0.717, 1.165) is 40.2 Å². The van der Waals surface area contributed by atoms with E-state index < -0.39 is 0 Å². The normalized spacial score (nSPS) is 12.6. The number of benzene rings is 2. The monoisotopic (exact) mass is 471 g/mol. The standard InChI is InChI=1S/C23H22ClN3O2S2/c1-13-8-14(2)10-17(9-13)27-22(29)21-19(6-7-30-21)26-23(27)31-12-20(28)25-16-5-4-15(3)18(24)11-16/h4-5,8-11H,6-7,12H2,1-3H3,(H,25,28). The van der Waals surface area contributed by atoms with E-state index in [9.17, 15) is 9.59 Å². The number of nitrogens with zero attached hydrogens (tertiary/aromatic N) is 2. The Morgan fingerprint density at radius 3 is 2.65 bits per heavy atom. The van der Waals surface area contributed by atoms with E-state index in [2.05, 4.69) is 11.4 Å². The lowest BCUT2D eigenvalue weighted by molar-refractivity contribution is -0.113. The fourth-order valence-electron chi connectivity index (χ4n) is 3.49. The van der Waals surface area contributed by atoms with E-state index in [0.29, 0.717) is 20.8 Å². The molecule has 0 unspecified atom stereocenters. The number of anilines is 1. The molecule has 31 heavy (non-hydrogen) atoms. The van der Waals surface area contributed by atoms with Crippen molar-refractivity contribution >= 4 is 46.7 Å². The molecule has 1 amide bonds. The van der Waals surface area contributed by atoms with Crippen LogP contribution in [-0.4, -0.2) is 27.0 Å². The number of nitrogens with one attached hydrogen (secondary N) is 1. The maximum atomic E-state index is 13.3. The molecule has 2 aromatic carbocycles. The Morgan fingerprint density at radius 2 is 1.94 bits per heavy atom. The molecule has 1 aliphatic heterocycles. The van der Waals surface area contributed by atoms with E-state index in [-0.39, 0.29) is 17.2 Å². The summed E-state index contributed by atoms with van der Waals surface area (Å²) >= 11 is 8.97.